The molecule has 1 rings (SSSR count). The maximum Gasteiger partial charge on any atom is 0.335 e. The maximum absolute atomic E-state index is 6.38. The fraction of sp³-hybridized carbons (Fsp3) is 1.00. The highest BCUT2D eigenvalue weighted by Crippen LogP contribution is 2.30. The standard InChI is InChI=1S/C14H31NO2Si/c1-4-16-18(3,12-8-11-15)17-13(2)14-9-6-5-7-10-14/h13-14H,4-12,15H2,1-3H3. The topological polar surface area (TPSA) is 44.5 Å². The van der Waals surface area contributed by atoms with E-state index in [0.717, 1.165) is 31.5 Å². The predicted octanol–water partition coefficient (Wildman–Crippen LogP) is 3.43. The summed E-state index contributed by atoms with van der Waals surface area (Å²) in [6.07, 6.45) is 8.16. The van der Waals surface area contributed by atoms with Crippen LogP contribution < -0.4 is 5.73 Å². The maximum atomic E-state index is 6.38. The van der Waals surface area contributed by atoms with Gasteiger partial charge in [-0.1, -0.05) is 19.3 Å². The molecule has 0 saturated heterocycles. The molecule has 0 bridgehead atoms. The van der Waals surface area contributed by atoms with Gasteiger partial charge in [-0.2, -0.15) is 0 Å². The van der Waals surface area contributed by atoms with Gasteiger partial charge in [-0.05, 0) is 58.2 Å². The Kier molecular flexibility index (Phi) is 7.45. The van der Waals surface area contributed by atoms with Gasteiger partial charge in [0.05, 0.1) is 0 Å². The summed E-state index contributed by atoms with van der Waals surface area (Å²) in [4.78, 5) is 0. The Balaban J connectivity index is 2.47. The molecule has 0 aliphatic heterocycles. The molecule has 1 saturated carbocycles. The summed E-state index contributed by atoms with van der Waals surface area (Å²) in [5, 5.41) is 0. The third-order valence-electron chi connectivity index (χ3n) is 4.03. The molecule has 0 aromatic carbocycles. The average molecular weight is 273 g/mol. The third kappa shape index (κ3) is 5.39. The summed E-state index contributed by atoms with van der Waals surface area (Å²) in [5.41, 5.74) is 5.62. The number of hydrogen-bond donors (Lipinski definition) is 1. The van der Waals surface area contributed by atoms with Crippen molar-refractivity contribution in [3.05, 3.63) is 0 Å². The molecule has 0 amide bonds. The zero-order chi connectivity index (χ0) is 13.4. The van der Waals surface area contributed by atoms with Crippen LogP contribution in [0.3, 0.4) is 0 Å². The quantitative estimate of drug-likeness (QED) is 0.689. The monoisotopic (exact) mass is 273 g/mol. The van der Waals surface area contributed by atoms with Crippen LogP contribution in [0.4, 0.5) is 0 Å². The lowest BCUT2D eigenvalue weighted by Gasteiger charge is -2.35. The molecule has 1 fully saturated rings. The minimum Gasteiger partial charge on any atom is -0.395 e. The first-order chi connectivity index (χ1) is 8.61. The average Bonchev–Trinajstić information content (AvgIpc) is 2.38. The Morgan fingerprint density at radius 1 is 1.28 bits per heavy atom. The van der Waals surface area contributed by atoms with Crippen LogP contribution in [0.1, 0.15) is 52.4 Å². The molecule has 2 unspecified atom stereocenters. The molecule has 0 spiro atoms. The second-order valence-corrected chi connectivity index (χ2v) is 8.97. The fourth-order valence-corrected chi connectivity index (χ4v) is 5.75. The molecule has 2 atom stereocenters. The molecule has 3 nitrogen and oxygen atoms in total. The van der Waals surface area contributed by atoms with Crippen molar-refractivity contribution < 1.29 is 8.85 Å². The Hall–Kier alpha value is 0.0969. The first kappa shape index (κ1) is 16.2. The highest BCUT2D eigenvalue weighted by Gasteiger charge is 2.34. The van der Waals surface area contributed by atoms with Crippen molar-refractivity contribution in [2.75, 3.05) is 13.2 Å². The van der Waals surface area contributed by atoms with E-state index in [9.17, 15) is 0 Å². The normalized spacial score (nSPS) is 22.7. The van der Waals surface area contributed by atoms with E-state index in [2.05, 4.69) is 20.4 Å². The summed E-state index contributed by atoms with van der Waals surface area (Å²) < 4.78 is 12.3. The van der Waals surface area contributed by atoms with Crippen LogP contribution >= 0.6 is 0 Å². The van der Waals surface area contributed by atoms with Crippen molar-refractivity contribution in [1.29, 1.82) is 0 Å². The summed E-state index contributed by atoms with van der Waals surface area (Å²) in [7, 11) is -2.00. The Morgan fingerprint density at radius 2 is 1.94 bits per heavy atom. The van der Waals surface area contributed by atoms with Crippen molar-refractivity contribution in [1.82, 2.24) is 0 Å². The Morgan fingerprint density at radius 3 is 2.50 bits per heavy atom. The smallest absolute Gasteiger partial charge is 0.335 e. The number of nitrogens with two attached hydrogens (primary N) is 1. The van der Waals surface area contributed by atoms with Gasteiger partial charge in [-0.15, -0.1) is 0 Å². The lowest BCUT2D eigenvalue weighted by molar-refractivity contribution is 0.0731. The van der Waals surface area contributed by atoms with Crippen LogP contribution in [0, 0.1) is 5.92 Å². The Bertz CT molecular complexity index is 222. The van der Waals surface area contributed by atoms with Crippen molar-refractivity contribution in [2.24, 2.45) is 11.7 Å². The van der Waals surface area contributed by atoms with Gasteiger partial charge in [0.2, 0.25) is 0 Å². The minimum atomic E-state index is -2.00. The molecule has 0 radical (unpaired) electrons. The molecular formula is C14H31NO2Si. The molecular weight excluding hydrogens is 242 g/mol. The second kappa shape index (κ2) is 8.30. The minimum absolute atomic E-state index is 0.353. The van der Waals surface area contributed by atoms with E-state index in [1.165, 1.54) is 32.1 Å². The van der Waals surface area contributed by atoms with E-state index < -0.39 is 8.56 Å². The third-order valence-corrected chi connectivity index (χ3v) is 7.07. The molecule has 18 heavy (non-hydrogen) atoms. The van der Waals surface area contributed by atoms with Gasteiger partial charge in [-0.25, -0.2) is 0 Å². The molecule has 0 aromatic heterocycles. The van der Waals surface area contributed by atoms with Gasteiger partial charge in [-0.3, -0.25) is 0 Å². The van der Waals surface area contributed by atoms with Crippen LogP contribution in [-0.4, -0.2) is 27.8 Å². The zero-order valence-electron chi connectivity index (χ0n) is 12.4. The van der Waals surface area contributed by atoms with Crippen LogP contribution in [-0.2, 0) is 8.85 Å². The van der Waals surface area contributed by atoms with Crippen LogP contribution in [0.5, 0.6) is 0 Å². The predicted molar refractivity (Wildman–Crippen MR) is 78.8 cm³/mol. The highest BCUT2D eigenvalue weighted by molar-refractivity contribution is 6.66. The SMILES string of the molecule is CCO[Si](C)(CCCN)OC(C)C1CCCCC1. The van der Waals surface area contributed by atoms with Crippen molar-refractivity contribution >= 4 is 8.56 Å². The van der Waals surface area contributed by atoms with Crippen molar-refractivity contribution in [3.63, 3.8) is 0 Å². The molecule has 0 aromatic rings. The van der Waals surface area contributed by atoms with Gasteiger partial charge in [0.25, 0.3) is 0 Å². The first-order valence-corrected chi connectivity index (χ1v) is 10.2. The van der Waals surface area contributed by atoms with Gasteiger partial charge in [0.1, 0.15) is 0 Å². The van der Waals surface area contributed by atoms with E-state index in [0.29, 0.717) is 6.10 Å². The molecule has 4 heteroatoms. The number of rotatable bonds is 8. The van der Waals surface area contributed by atoms with E-state index in [1.54, 1.807) is 0 Å². The van der Waals surface area contributed by atoms with E-state index in [1.807, 2.05) is 0 Å². The summed E-state index contributed by atoms with van der Waals surface area (Å²) in [6.45, 7) is 7.98. The molecule has 0 heterocycles. The van der Waals surface area contributed by atoms with E-state index in [4.69, 9.17) is 14.6 Å². The van der Waals surface area contributed by atoms with Gasteiger partial charge < -0.3 is 14.6 Å². The largest absolute Gasteiger partial charge is 0.395 e. The van der Waals surface area contributed by atoms with Crippen LogP contribution in [0.2, 0.25) is 12.6 Å². The molecule has 108 valence electrons. The van der Waals surface area contributed by atoms with Crippen LogP contribution in [0.15, 0.2) is 0 Å². The lowest BCUT2D eigenvalue weighted by Crippen LogP contribution is -2.44. The lowest BCUT2D eigenvalue weighted by atomic mass is 9.86. The highest BCUT2D eigenvalue weighted by atomic mass is 28.4. The summed E-state index contributed by atoms with van der Waals surface area (Å²) in [5.74, 6) is 0.740. The Labute approximate surface area is 114 Å². The van der Waals surface area contributed by atoms with Gasteiger partial charge >= 0.3 is 8.56 Å². The fourth-order valence-electron chi connectivity index (χ4n) is 2.99. The van der Waals surface area contributed by atoms with Crippen molar-refractivity contribution in [3.8, 4) is 0 Å². The number of hydrogen-bond acceptors (Lipinski definition) is 3. The summed E-state index contributed by atoms with van der Waals surface area (Å²) in [6, 6.07) is 1.02. The van der Waals surface area contributed by atoms with E-state index in [-0.39, 0.29) is 0 Å². The molecule has 1 aliphatic rings. The first-order valence-electron chi connectivity index (χ1n) is 7.63. The van der Waals surface area contributed by atoms with Crippen LogP contribution in [0.25, 0.3) is 0 Å². The van der Waals surface area contributed by atoms with E-state index >= 15 is 0 Å². The summed E-state index contributed by atoms with van der Waals surface area (Å²) >= 11 is 0. The van der Waals surface area contributed by atoms with Gasteiger partial charge in [0.15, 0.2) is 0 Å². The zero-order valence-corrected chi connectivity index (χ0v) is 13.4. The molecule has 2 N–H and O–H groups in total. The second-order valence-electron chi connectivity index (χ2n) is 5.68. The molecule has 1 aliphatic carbocycles. The van der Waals surface area contributed by atoms with Crippen molar-refractivity contribution in [2.45, 2.75) is 71.1 Å². The van der Waals surface area contributed by atoms with Gasteiger partial charge in [0, 0.05) is 12.7 Å².